The Hall–Kier alpha value is -3.38. The molecule has 0 aliphatic heterocycles. The first kappa shape index (κ1) is 23.8. The number of nitrogens with zero attached hydrogens (tertiary/aromatic N) is 3. The smallest absolute Gasteiger partial charge is 0.253 e. The van der Waals surface area contributed by atoms with Crippen molar-refractivity contribution >= 4 is 28.5 Å². The second-order valence-corrected chi connectivity index (χ2v) is 8.85. The van der Waals surface area contributed by atoms with Gasteiger partial charge in [0.25, 0.3) is 5.91 Å². The third kappa shape index (κ3) is 5.39. The lowest BCUT2D eigenvalue weighted by Gasteiger charge is -2.16. The van der Waals surface area contributed by atoms with Gasteiger partial charge in [0.15, 0.2) is 0 Å². The summed E-state index contributed by atoms with van der Waals surface area (Å²) in [7, 11) is 0. The number of nitrogens with one attached hydrogen (secondary N) is 1. The molecule has 6 nitrogen and oxygen atoms in total. The number of rotatable bonds is 9. The molecule has 0 saturated heterocycles. The summed E-state index contributed by atoms with van der Waals surface area (Å²) in [5.74, 6) is 1.52. The van der Waals surface area contributed by atoms with Gasteiger partial charge in [0.1, 0.15) is 11.6 Å². The molecule has 0 fully saturated rings. The van der Waals surface area contributed by atoms with Crippen molar-refractivity contribution in [2.75, 3.05) is 6.61 Å². The lowest BCUT2D eigenvalue weighted by molar-refractivity contribution is 0.0937. The standard InChI is InChI=1S/C27H29ClN4O2/c1-18-15-22(16-19(2)25(18)28)34-14-7-6-13-32-24-11-5-4-10-23(24)31-26(32)20(3)30-27(33)21-9-8-12-29-17-21/h4-5,8-12,15-17,20H,6-7,13-14H2,1-3H3,(H,30,33). The first-order valence-electron chi connectivity index (χ1n) is 11.5. The highest BCUT2D eigenvalue weighted by molar-refractivity contribution is 6.32. The number of hydrogen-bond donors (Lipinski definition) is 1. The van der Waals surface area contributed by atoms with E-state index in [9.17, 15) is 4.79 Å². The number of aromatic nitrogens is 3. The van der Waals surface area contributed by atoms with Crippen LogP contribution in [0, 0.1) is 13.8 Å². The van der Waals surface area contributed by atoms with Crippen molar-refractivity contribution in [3.63, 3.8) is 0 Å². The molecule has 1 amide bonds. The predicted octanol–water partition coefficient (Wildman–Crippen LogP) is 6.05. The van der Waals surface area contributed by atoms with Crippen LogP contribution < -0.4 is 10.1 Å². The molecule has 2 aromatic carbocycles. The van der Waals surface area contributed by atoms with Gasteiger partial charge in [0.05, 0.1) is 29.2 Å². The molecule has 0 radical (unpaired) electrons. The highest BCUT2D eigenvalue weighted by Gasteiger charge is 2.19. The number of ether oxygens (including phenoxy) is 1. The molecule has 1 unspecified atom stereocenters. The predicted molar refractivity (Wildman–Crippen MR) is 136 cm³/mol. The van der Waals surface area contributed by atoms with Crippen molar-refractivity contribution in [3.05, 3.63) is 88.5 Å². The molecule has 2 aromatic heterocycles. The molecule has 176 valence electrons. The lowest BCUT2D eigenvalue weighted by atomic mass is 10.1. The van der Waals surface area contributed by atoms with Crippen molar-refractivity contribution in [2.24, 2.45) is 0 Å². The summed E-state index contributed by atoms with van der Waals surface area (Å²) in [6, 6.07) is 15.3. The molecule has 0 spiro atoms. The Labute approximate surface area is 204 Å². The molecule has 1 N–H and O–H groups in total. The van der Waals surface area contributed by atoms with E-state index in [1.54, 1.807) is 24.5 Å². The molecule has 0 aliphatic rings. The van der Waals surface area contributed by atoms with E-state index in [1.807, 2.05) is 51.1 Å². The normalized spacial score (nSPS) is 12.0. The zero-order valence-electron chi connectivity index (χ0n) is 19.7. The molecule has 2 heterocycles. The minimum Gasteiger partial charge on any atom is -0.494 e. The van der Waals surface area contributed by atoms with Gasteiger partial charge in [0, 0.05) is 24.0 Å². The Morgan fingerprint density at radius 1 is 1.12 bits per heavy atom. The van der Waals surface area contributed by atoms with Gasteiger partial charge in [-0.2, -0.15) is 0 Å². The van der Waals surface area contributed by atoms with E-state index in [0.29, 0.717) is 12.2 Å². The third-order valence-corrected chi connectivity index (χ3v) is 6.39. The van der Waals surface area contributed by atoms with Gasteiger partial charge in [-0.3, -0.25) is 9.78 Å². The minimum absolute atomic E-state index is 0.166. The van der Waals surface area contributed by atoms with Gasteiger partial charge in [0.2, 0.25) is 0 Å². The lowest BCUT2D eigenvalue weighted by Crippen LogP contribution is -2.28. The summed E-state index contributed by atoms with van der Waals surface area (Å²) >= 11 is 6.25. The van der Waals surface area contributed by atoms with Crippen LogP contribution in [0.2, 0.25) is 5.02 Å². The zero-order chi connectivity index (χ0) is 24.1. The highest BCUT2D eigenvalue weighted by atomic mass is 35.5. The van der Waals surface area contributed by atoms with Gasteiger partial charge in [-0.05, 0) is 81.1 Å². The van der Waals surface area contributed by atoms with Gasteiger partial charge in [-0.1, -0.05) is 23.7 Å². The van der Waals surface area contributed by atoms with Crippen LogP contribution >= 0.6 is 11.6 Å². The van der Waals surface area contributed by atoms with Gasteiger partial charge < -0.3 is 14.6 Å². The molecular weight excluding hydrogens is 448 g/mol. The SMILES string of the molecule is Cc1cc(OCCCCn2c(C(C)NC(=O)c3cccnc3)nc3ccccc32)cc(C)c1Cl. The second kappa shape index (κ2) is 10.7. The molecule has 1 atom stereocenters. The van der Waals surface area contributed by atoms with Gasteiger partial charge in [-0.15, -0.1) is 0 Å². The summed E-state index contributed by atoms with van der Waals surface area (Å²) in [6.45, 7) is 7.34. The Kier molecular flexibility index (Phi) is 7.48. The second-order valence-electron chi connectivity index (χ2n) is 8.47. The fourth-order valence-electron chi connectivity index (χ4n) is 4.05. The van der Waals surface area contributed by atoms with Crippen molar-refractivity contribution in [1.29, 1.82) is 0 Å². The van der Waals surface area contributed by atoms with Gasteiger partial charge in [-0.25, -0.2) is 4.98 Å². The average molecular weight is 477 g/mol. The first-order valence-corrected chi connectivity index (χ1v) is 11.9. The van der Waals surface area contributed by atoms with E-state index in [1.165, 1.54) is 0 Å². The number of para-hydroxylation sites is 2. The molecule has 0 aliphatic carbocycles. The summed E-state index contributed by atoms with van der Waals surface area (Å²) in [5, 5.41) is 3.84. The Bertz CT molecular complexity index is 1260. The maximum Gasteiger partial charge on any atom is 0.253 e. The van der Waals surface area contributed by atoms with Crippen LogP contribution in [0.1, 0.15) is 53.1 Å². The molecule has 0 saturated carbocycles. The van der Waals surface area contributed by atoms with E-state index < -0.39 is 0 Å². The van der Waals surface area contributed by atoms with Crippen LogP contribution in [0.15, 0.2) is 60.9 Å². The van der Waals surface area contributed by atoms with Gasteiger partial charge >= 0.3 is 0 Å². The van der Waals surface area contributed by atoms with Crippen molar-refractivity contribution in [1.82, 2.24) is 19.9 Å². The van der Waals surface area contributed by atoms with E-state index >= 15 is 0 Å². The maximum absolute atomic E-state index is 12.6. The number of carbonyl (C=O) groups excluding carboxylic acids is 1. The number of unbranched alkanes of at least 4 members (excludes halogenated alkanes) is 1. The number of halogens is 1. The highest BCUT2D eigenvalue weighted by Crippen LogP contribution is 2.26. The van der Waals surface area contributed by atoms with E-state index in [4.69, 9.17) is 21.3 Å². The Balaban J connectivity index is 1.41. The van der Waals surface area contributed by atoms with Crippen LogP contribution in [0.5, 0.6) is 5.75 Å². The van der Waals surface area contributed by atoms with Crippen molar-refractivity contribution < 1.29 is 9.53 Å². The van der Waals surface area contributed by atoms with E-state index in [2.05, 4.69) is 20.9 Å². The number of fused-ring (bicyclic) bond motifs is 1. The van der Waals surface area contributed by atoms with Crippen LogP contribution in [-0.4, -0.2) is 27.0 Å². The van der Waals surface area contributed by atoms with Crippen molar-refractivity contribution in [3.8, 4) is 5.75 Å². The largest absolute Gasteiger partial charge is 0.494 e. The van der Waals surface area contributed by atoms with E-state index in [0.717, 1.165) is 58.1 Å². The monoisotopic (exact) mass is 476 g/mol. The number of imidazole rings is 1. The fourth-order valence-corrected chi connectivity index (χ4v) is 4.16. The number of benzene rings is 2. The fraction of sp³-hybridized carbons (Fsp3) is 0.296. The van der Waals surface area contributed by atoms with Crippen LogP contribution in [0.4, 0.5) is 0 Å². The number of carbonyl (C=O) groups is 1. The molecule has 4 aromatic rings. The molecule has 7 heteroatoms. The molecule has 34 heavy (non-hydrogen) atoms. The number of pyridine rings is 1. The zero-order valence-corrected chi connectivity index (χ0v) is 20.5. The van der Waals surface area contributed by atoms with Crippen LogP contribution in [-0.2, 0) is 6.54 Å². The van der Waals surface area contributed by atoms with Crippen LogP contribution in [0.25, 0.3) is 11.0 Å². The third-order valence-electron chi connectivity index (χ3n) is 5.80. The van der Waals surface area contributed by atoms with E-state index in [-0.39, 0.29) is 11.9 Å². The summed E-state index contributed by atoms with van der Waals surface area (Å²) in [4.78, 5) is 21.5. The average Bonchev–Trinajstić information content (AvgIpc) is 3.21. The Morgan fingerprint density at radius 3 is 2.62 bits per heavy atom. The number of amides is 1. The minimum atomic E-state index is -0.253. The first-order chi connectivity index (χ1) is 16.4. The molecular formula is C27H29ClN4O2. The van der Waals surface area contributed by atoms with Crippen LogP contribution in [0.3, 0.4) is 0 Å². The maximum atomic E-state index is 12.6. The molecule has 0 bridgehead atoms. The summed E-state index contributed by atoms with van der Waals surface area (Å²) < 4.78 is 8.16. The quantitative estimate of drug-likeness (QED) is 0.298. The Morgan fingerprint density at radius 2 is 1.88 bits per heavy atom. The van der Waals surface area contributed by atoms with Crippen molar-refractivity contribution in [2.45, 2.75) is 46.2 Å². The topological polar surface area (TPSA) is 69.0 Å². The summed E-state index contributed by atoms with van der Waals surface area (Å²) in [6.07, 6.45) is 5.03. The number of aryl methyl sites for hydroxylation is 3. The summed E-state index contributed by atoms with van der Waals surface area (Å²) in [5.41, 5.74) is 4.55. The number of hydrogen-bond acceptors (Lipinski definition) is 4. The molecule has 4 rings (SSSR count).